The molecule has 0 spiro atoms. The molecular weight excluding hydrogens is 186 g/mol. The minimum atomic E-state index is -1.40. The van der Waals surface area contributed by atoms with Gasteiger partial charge in [0.1, 0.15) is 0 Å². The van der Waals surface area contributed by atoms with E-state index in [4.69, 9.17) is 11.1 Å². The van der Waals surface area contributed by atoms with Crippen LogP contribution in [0, 0.1) is 0 Å². The van der Waals surface area contributed by atoms with Gasteiger partial charge in [-0.25, -0.2) is 0 Å². The molecule has 0 saturated heterocycles. The van der Waals surface area contributed by atoms with Crippen molar-refractivity contribution in [3.05, 3.63) is 30.3 Å². The molecule has 0 aromatic heterocycles. The summed E-state index contributed by atoms with van der Waals surface area (Å²) in [6.07, 6.45) is 0. The van der Waals surface area contributed by atoms with Crippen LogP contribution >= 0.6 is 11.1 Å². The van der Waals surface area contributed by atoms with E-state index in [0.29, 0.717) is 6.04 Å². The van der Waals surface area contributed by atoms with E-state index in [1.54, 1.807) is 0 Å². The Labute approximate surface area is 80.1 Å². The summed E-state index contributed by atoms with van der Waals surface area (Å²) < 4.78 is 0. The molecule has 1 atom stereocenters. The van der Waals surface area contributed by atoms with Crippen molar-refractivity contribution < 1.29 is 0 Å². The molecule has 1 rings (SSSR count). The fourth-order valence-electron chi connectivity index (χ4n) is 1.01. The third-order valence-electron chi connectivity index (χ3n) is 1.57. The highest BCUT2D eigenvalue weighted by atomic mass is 35.6. The van der Waals surface area contributed by atoms with Crippen LogP contribution in [0.5, 0.6) is 0 Å². The van der Waals surface area contributed by atoms with E-state index in [9.17, 15) is 0 Å². The minimum absolute atomic E-state index is 0.472. The van der Waals surface area contributed by atoms with Gasteiger partial charge in [-0.3, -0.25) is 0 Å². The van der Waals surface area contributed by atoms with Crippen LogP contribution in [0.4, 0.5) is 0 Å². The summed E-state index contributed by atoms with van der Waals surface area (Å²) in [4.78, 5) is 3.36. The molecule has 1 nitrogen and oxygen atoms in total. The molecule has 0 aliphatic carbocycles. The van der Waals surface area contributed by atoms with E-state index in [0.717, 1.165) is 0 Å². The van der Waals surface area contributed by atoms with Crippen molar-refractivity contribution in [3.8, 4) is 0 Å². The Morgan fingerprint density at radius 3 is 2.33 bits per heavy atom. The van der Waals surface area contributed by atoms with E-state index >= 15 is 0 Å². The Bertz CT molecular complexity index is 225. The van der Waals surface area contributed by atoms with Crippen molar-refractivity contribution in [2.24, 2.45) is 0 Å². The van der Waals surface area contributed by atoms with Gasteiger partial charge >= 0.3 is 0 Å². The summed E-state index contributed by atoms with van der Waals surface area (Å²) in [5, 5.41) is 1.26. The van der Waals surface area contributed by atoms with Crippen molar-refractivity contribution >= 4 is 24.5 Å². The third-order valence-corrected chi connectivity index (χ3v) is 4.64. The third kappa shape index (κ3) is 2.97. The summed E-state index contributed by atoms with van der Waals surface area (Å²) >= 11 is 6.23. The Balaban J connectivity index is 2.59. The van der Waals surface area contributed by atoms with Gasteiger partial charge in [0.25, 0.3) is 0 Å². The maximum Gasteiger partial charge on any atom is 0.242 e. The molecule has 1 aromatic rings. The Morgan fingerprint density at radius 1 is 1.25 bits per heavy atom. The summed E-state index contributed by atoms with van der Waals surface area (Å²) in [5.41, 5.74) is 0. The number of benzene rings is 1. The maximum atomic E-state index is 6.23. The zero-order valence-electron chi connectivity index (χ0n) is 7.42. The smallest absolute Gasteiger partial charge is 0.242 e. The van der Waals surface area contributed by atoms with Gasteiger partial charge in [0, 0.05) is 0 Å². The highest BCUT2D eigenvalue weighted by molar-refractivity contribution is 7.12. The Kier molecular flexibility index (Phi) is 3.79. The van der Waals surface area contributed by atoms with Crippen molar-refractivity contribution in [2.75, 3.05) is 0 Å². The number of hydrogen-bond acceptors (Lipinski definition) is 1. The molecule has 66 valence electrons. The molecule has 1 unspecified atom stereocenters. The molecule has 1 N–H and O–H groups in total. The molecule has 0 amide bonds. The number of rotatable bonds is 3. The average molecular weight is 200 g/mol. The van der Waals surface area contributed by atoms with Crippen LogP contribution in [0.15, 0.2) is 30.3 Å². The predicted molar refractivity (Wildman–Crippen MR) is 57.3 cm³/mol. The monoisotopic (exact) mass is 199 g/mol. The quantitative estimate of drug-likeness (QED) is 0.573. The first-order valence-corrected chi connectivity index (χ1v) is 7.05. The number of hydrogen-bond donors (Lipinski definition) is 1. The lowest BCUT2D eigenvalue weighted by atomic mass is 10.4. The summed E-state index contributed by atoms with van der Waals surface area (Å²) in [7, 11) is -1.40. The first-order chi connectivity index (χ1) is 5.70. The molecule has 0 radical (unpaired) electrons. The standard InChI is InChI=1S/C9H14ClNSi/c1-8(2)11-12(10)9-6-4-3-5-7-9/h3-8,11-12H,1-2H3. The molecule has 1 aromatic carbocycles. The van der Waals surface area contributed by atoms with E-state index in [1.807, 2.05) is 18.2 Å². The fourth-order valence-corrected chi connectivity index (χ4v) is 3.54. The van der Waals surface area contributed by atoms with Crippen molar-refractivity contribution in [1.29, 1.82) is 0 Å². The van der Waals surface area contributed by atoms with Crippen LogP contribution in [-0.2, 0) is 0 Å². The van der Waals surface area contributed by atoms with Crippen LogP contribution in [0.25, 0.3) is 0 Å². The average Bonchev–Trinajstić information content (AvgIpc) is 2.05. The van der Waals surface area contributed by atoms with Crippen LogP contribution in [-0.4, -0.2) is 14.3 Å². The molecule has 12 heavy (non-hydrogen) atoms. The van der Waals surface area contributed by atoms with Crippen LogP contribution in [0.3, 0.4) is 0 Å². The molecule has 0 fully saturated rings. The van der Waals surface area contributed by atoms with E-state index in [-0.39, 0.29) is 0 Å². The molecule has 0 aliphatic heterocycles. The highest BCUT2D eigenvalue weighted by Crippen LogP contribution is 1.91. The molecular formula is C9H14ClNSi. The second-order valence-electron chi connectivity index (χ2n) is 3.09. The lowest BCUT2D eigenvalue weighted by molar-refractivity contribution is 0.753. The van der Waals surface area contributed by atoms with Crippen molar-refractivity contribution in [2.45, 2.75) is 19.9 Å². The van der Waals surface area contributed by atoms with Gasteiger partial charge in [0.05, 0.1) is 0 Å². The second-order valence-corrected chi connectivity index (χ2v) is 6.13. The van der Waals surface area contributed by atoms with Crippen molar-refractivity contribution in [3.63, 3.8) is 0 Å². The van der Waals surface area contributed by atoms with Crippen LogP contribution in [0.2, 0.25) is 0 Å². The lowest BCUT2D eigenvalue weighted by Gasteiger charge is -2.12. The number of nitrogens with one attached hydrogen (secondary N) is 1. The van der Waals surface area contributed by atoms with Crippen molar-refractivity contribution in [1.82, 2.24) is 4.98 Å². The minimum Gasteiger partial charge on any atom is -0.322 e. The SMILES string of the molecule is CC(C)N[SiH](Cl)c1ccccc1. The first-order valence-electron chi connectivity index (χ1n) is 4.15. The lowest BCUT2D eigenvalue weighted by Crippen LogP contribution is -2.43. The topological polar surface area (TPSA) is 12.0 Å². The molecule has 0 heterocycles. The van der Waals surface area contributed by atoms with Gasteiger partial charge in [-0.05, 0) is 11.2 Å². The van der Waals surface area contributed by atoms with Gasteiger partial charge in [-0.15, -0.1) is 11.1 Å². The van der Waals surface area contributed by atoms with Gasteiger partial charge in [0.15, 0.2) is 0 Å². The maximum absolute atomic E-state index is 6.23. The largest absolute Gasteiger partial charge is 0.322 e. The first kappa shape index (κ1) is 9.77. The zero-order chi connectivity index (χ0) is 8.97. The normalized spacial score (nSPS) is 13.3. The Morgan fingerprint density at radius 2 is 1.83 bits per heavy atom. The number of halogens is 1. The van der Waals surface area contributed by atoms with E-state index < -0.39 is 8.27 Å². The van der Waals surface area contributed by atoms with Gasteiger partial charge in [-0.2, -0.15) is 0 Å². The van der Waals surface area contributed by atoms with Crippen LogP contribution < -0.4 is 10.2 Å². The predicted octanol–water partition coefficient (Wildman–Crippen LogP) is 1.35. The summed E-state index contributed by atoms with van der Waals surface area (Å²) in [6.45, 7) is 4.23. The second kappa shape index (κ2) is 4.65. The molecule has 0 aliphatic rings. The summed E-state index contributed by atoms with van der Waals surface area (Å²) in [5.74, 6) is 0. The van der Waals surface area contributed by atoms with E-state index in [1.165, 1.54) is 5.19 Å². The summed E-state index contributed by atoms with van der Waals surface area (Å²) in [6, 6.07) is 10.7. The van der Waals surface area contributed by atoms with Crippen LogP contribution in [0.1, 0.15) is 13.8 Å². The van der Waals surface area contributed by atoms with Gasteiger partial charge in [-0.1, -0.05) is 44.2 Å². The van der Waals surface area contributed by atoms with Gasteiger partial charge < -0.3 is 4.98 Å². The fraction of sp³-hybridized carbons (Fsp3) is 0.333. The highest BCUT2D eigenvalue weighted by Gasteiger charge is 2.09. The molecule has 0 bridgehead atoms. The zero-order valence-corrected chi connectivity index (χ0v) is 9.33. The van der Waals surface area contributed by atoms with Gasteiger partial charge in [0.2, 0.25) is 8.27 Å². The molecule has 0 saturated carbocycles. The molecule has 3 heteroatoms. The van der Waals surface area contributed by atoms with E-state index in [2.05, 4.69) is 31.0 Å². The Hall–Kier alpha value is -0.313.